The maximum absolute atomic E-state index is 9.97. The fraction of sp³-hybridized carbons (Fsp3) is 0.200. The quantitative estimate of drug-likeness (QED) is 0.620. The van der Waals surface area contributed by atoms with Crippen molar-refractivity contribution in [2.24, 2.45) is 0 Å². The predicted octanol–water partition coefficient (Wildman–Crippen LogP) is 0.302. The third-order valence-corrected chi connectivity index (χ3v) is 0.786. The average molecular weight is 127 g/mol. The molecule has 1 rings (SSSR count). The SMILES string of the molecule is O=C(O)Cc1ncco1. The molecule has 0 radical (unpaired) electrons. The molecule has 4 nitrogen and oxygen atoms in total. The molecule has 0 bridgehead atoms. The molecule has 9 heavy (non-hydrogen) atoms. The third-order valence-electron chi connectivity index (χ3n) is 0.786. The zero-order valence-electron chi connectivity index (χ0n) is 4.57. The summed E-state index contributed by atoms with van der Waals surface area (Å²) in [4.78, 5) is 13.6. The van der Waals surface area contributed by atoms with Gasteiger partial charge in [0.15, 0.2) is 0 Å². The Bertz CT molecular complexity index is 192. The van der Waals surface area contributed by atoms with Gasteiger partial charge in [0, 0.05) is 0 Å². The van der Waals surface area contributed by atoms with Crippen LogP contribution in [0.3, 0.4) is 0 Å². The number of aliphatic carboxylic acids is 1. The van der Waals surface area contributed by atoms with Gasteiger partial charge in [-0.15, -0.1) is 0 Å². The number of aromatic nitrogens is 1. The van der Waals surface area contributed by atoms with Crippen LogP contribution in [0.25, 0.3) is 0 Å². The first kappa shape index (κ1) is 5.81. The van der Waals surface area contributed by atoms with Crippen LogP contribution in [0, 0.1) is 0 Å². The van der Waals surface area contributed by atoms with Gasteiger partial charge in [-0.25, -0.2) is 4.98 Å². The van der Waals surface area contributed by atoms with Crippen molar-refractivity contribution in [2.45, 2.75) is 6.42 Å². The molecule has 0 aliphatic carbocycles. The molecule has 48 valence electrons. The second-order valence-electron chi connectivity index (χ2n) is 1.50. The monoisotopic (exact) mass is 127 g/mol. The van der Waals surface area contributed by atoms with Crippen molar-refractivity contribution in [2.75, 3.05) is 0 Å². The molecule has 0 spiro atoms. The van der Waals surface area contributed by atoms with E-state index in [0.29, 0.717) is 0 Å². The molecular formula is C5H5NO3. The Morgan fingerprint density at radius 3 is 3.11 bits per heavy atom. The summed E-state index contributed by atoms with van der Waals surface area (Å²) in [6.07, 6.45) is 2.61. The molecule has 1 N–H and O–H groups in total. The lowest BCUT2D eigenvalue weighted by Crippen LogP contribution is -1.99. The van der Waals surface area contributed by atoms with Crippen LogP contribution in [0.15, 0.2) is 16.9 Å². The largest absolute Gasteiger partial charge is 0.481 e. The minimum Gasteiger partial charge on any atom is -0.481 e. The van der Waals surface area contributed by atoms with Gasteiger partial charge in [-0.05, 0) is 0 Å². The van der Waals surface area contributed by atoms with Crippen molar-refractivity contribution in [3.05, 3.63) is 18.4 Å². The number of carboxylic acid groups (broad SMARTS) is 1. The Labute approximate surface area is 51.1 Å². The predicted molar refractivity (Wildman–Crippen MR) is 27.8 cm³/mol. The van der Waals surface area contributed by atoms with E-state index in [1.807, 2.05) is 0 Å². The van der Waals surface area contributed by atoms with Gasteiger partial charge in [0.2, 0.25) is 5.89 Å². The summed E-state index contributed by atoms with van der Waals surface area (Å²) < 4.78 is 4.65. The molecule has 1 heterocycles. The van der Waals surface area contributed by atoms with Gasteiger partial charge in [-0.3, -0.25) is 4.79 Å². The summed E-state index contributed by atoms with van der Waals surface area (Å²) in [5, 5.41) is 8.19. The topological polar surface area (TPSA) is 63.3 Å². The average Bonchev–Trinajstić information content (AvgIpc) is 2.15. The molecule has 0 aromatic carbocycles. The highest BCUT2D eigenvalue weighted by atomic mass is 16.4. The lowest BCUT2D eigenvalue weighted by Gasteiger charge is -1.83. The minimum atomic E-state index is -0.933. The van der Waals surface area contributed by atoms with E-state index in [9.17, 15) is 4.79 Å². The number of carboxylic acids is 1. The summed E-state index contributed by atoms with van der Waals surface area (Å²) in [6.45, 7) is 0. The van der Waals surface area contributed by atoms with E-state index in [2.05, 4.69) is 9.40 Å². The van der Waals surface area contributed by atoms with Gasteiger partial charge in [0.25, 0.3) is 0 Å². The Hall–Kier alpha value is -1.32. The van der Waals surface area contributed by atoms with Crippen molar-refractivity contribution in [1.29, 1.82) is 0 Å². The van der Waals surface area contributed by atoms with Gasteiger partial charge in [0.05, 0.1) is 6.20 Å². The van der Waals surface area contributed by atoms with Gasteiger partial charge >= 0.3 is 5.97 Å². The van der Waals surface area contributed by atoms with E-state index in [1.54, 1.807) is 0 Å². The molecule has 1 aromatic heterocycles. The molecule has 0 amide bonds. The Morgan fingerprint density at radius 1 is 1.89 bits per heavy atom. The molecular weight excluding hydrogens is 122 g/mol. The second kappa shape index (κ2) is 2.30. The van der Waals surface area contributed by atoms with Crippen molar-refractivity contribution < 1.29 is 14.3 Å². The van der Waals surface area contributed by atoms with Gasteiger partial charge in [-0.2, -0.15) is 0 Å². The van der Waals surface area contributed by atoms with Crippen LogP contribution in [-0.2, 0) is 11.2 Å². The zero-order valence-corrected chi connectivity index (χ0v) is 4.57. The number of carbonyl (C=O) groups is 1. The lowest BCUT2D eigenvalue weighted by atomic mass is 10.4. The highest BCUT2D eigenvalue weighted by Crippen LogP contribution is 1.93. The number of hydrogen-bond acceptors (Lipinski definition) is 3. The maximum Gasteiger partial charge on any atom is 0.312 e. The fourth-order valence-corrected chi connectivity index (χ4v) is 0.470. The van der Waals surface area contributed by atoms with Crippen LogP contribution in [-0.4, -0.2) is 16.1 Å². The Morgan fingerprint density at radius 2 is 2.67 bits per heavy atom. The molecule has 0 atom stereocenters. The van der Waals surface area contributed by atoms with Crippen molar-refractivity contribution in [3.8, 4) is 0 Å². The van der Waals surface area contributed by atoms with Crippen molar-refractivity contribution in [1.82, 2.24) is 4.98 Å². The van der Waals surface area contributed by atoms with E-state index in [4.69, 9.17) is 5.11 Å². The van der Waals surface area contributed by atoms with Crippen LogP contribution in [0.1, 0.15) is 5.89 Å². The van der Waals surface area contributed by atoms with Crippen LogP contribution in [0.5, 0.6) is 0 Å². The van der Waals surface area contributed by atoms with Crippen LogP contribution < -0.4 is 0 Å². The van der Waals surface area contributed by atoms with E-state index < -0.39 is 5.97 Å². The Kier molecular flexibility index (Phi) is 1.48. The molecule has 0 fully saturated rings. The van der Waals surface area contributed by atoms with E-state index in [0.717, 1.165) is 0 Å². The van der Waals surface area contributed by atoms with Crippen LogP contribution in [0.4, 0.5) is 0 Å². The standard InChI is InChI=1S/C5H5NO3/c7-5(8)3-4-6-1-2-9-4/h1-2H,3H2,(H,7,8). The first-order valence-electron chi connectivity index (χ1n) is 2.39. The summed E-state index contributed by atoms with van der Waals surface area (Å²) in [5.41, 5.74) is 0. The van der Waals surface area contributed by atoms with E-state index in [-0.39, 0.29) is 12.3 Å². The molecule has 4 heteroatoms. The maximum atomic E-state index is 9.97. The smallest absolute Gasteiger partial charge is 0.312 e. The summed E-state index contributed by atoms with van der Waals surface area (Å²) in [5.74, 6) is -0.694. The number of oxazole rings is 1. The molecule has 0 saturated carbocycles. The molecule has 1 aromatic rings. The first-order chi connectivity index (χ1) is 4.29. The van der Waals surface area contributed by atoms with Crippen LogP contribution >= 0.6 is 0 Å². The minimum absolute atomic E-state index is 0.146. The zero-order chi connectivity index (χ0) is 6.69. The van der Waals surface area contributed by atoms with Crippen molar-refractivity contribution in [3.63, 3.8) is 0 Å². The fourth-order valence-electron chi connectivity index (χ4n) is 0.470. The van der Waals surface area contributed by atoms with E-state index in [1.165, 1.54) is 12.5 Å². The molecule has 0 aliphatic rings. The lowest BCUT2D eigenvalue weighted by molar-refractivity contribution is -0.136. The summed E-state index contributed by atoms with van der Waals surface area (Å²) in [7, 11) is 0. The normalized spacial score (nSPS) is 9.33. The van der Waals surface area contributed by atoms with Gasteiger partial charge < -0.3 is 9.52 Å². The second-order valence-corrected chi connectivity index (χ2v) is 1.50. The third kappa shape index (κ3) is 1.56. The number of nitrogens with zero attached hydrogens (tertiary/aromatic N) is 1. The molecule has 0 aliphatic heterocycles. The molecule has 0 saturated heterocycles. The van der Waals surface area contributed by atoms with E-state index >= 15 is 0 Å². The summed E-state index contributed by atoms with van der Waals surface area (Å²) in [6, 6.07) is 0. The van der Waals surface area contributed by atoms with Crippen LogP contribution in [0.2, 0.25) is 0 Å². The highest BCUT2D eigenvalue weighted by Gasteiger charge is 2.02. The highest BCUT2D eigenvalue weighted by molar-refractivity contribution is 5.68. The summed E-state index contributed by atoms with van der Waals surface area (Å²) >= 11 is 0. The number of hydrogen-bond donors (Lipinski definition) is 1. The number of rotatable bonds is 2. The Balaban J connectivity index is 2.58. The first-order valence-corrected chi connectivity index (χ1v) is 2.39. The van der Waals surface area contributed by atoms with Gasteiger partial charge in [-0.1, -0.05) is 0 Å². The molecule has 0 unspecified atom stereocenters. The van der Waals surface area contributed by atoms with Crippen molar-refractivity contribution >= 4 is 5.97 Å². The van der Waals surface area contributed by atoms with Gasteiger partial charge in [0.1, 0.15) is 12.7 Å².